The molecule has 0 aliphatic carbocycles. The van der Waals surface area contributed by atoms with Gasteiger partial charge in [0.2, 0.25) is 11.7 Å². The smallest absolute Gasteiger partial charge is 0.253 e. The highest BCUT2D eigenvalue weighted by Crippen LogP contribution is 2.24. The van der Waals surface area contributed by atoms with Crippen molar-refractivity contribution >= 4 is 17.5 Å². The van der Waals surface area contributed by atoms with Crippen LogP contribution in [-0.4, -0.2) is 11.8 Å². The van der Waals surface area contributed by atoms with Gasteiger partial charge in [0, 0.05) is 5.56 Å². The van der Waals surface area contributed by atoms with Crippen molar-refractivity contribution in [3.05, 3.63) is 100 Å². The van der Waals surface area contributed by atoms with E-state index in [2.05, 4.69) is 10.6 Å². The predicted molar refractivity (Wildman–Crippen MR) is 107 cm³/mol. The molecule has 0 aliphatic rings. The summed E-state index contributed by atoms with van der Waals surface area (Å²) in [5.41, 5.74) is -0.354. The summed E-state index contributed by atoms with van der Waals surface area (Å²) in [4.78, 5) is 25.0. The van der Waals surface area contributed by atoms with Crippen LogP contribution >= 0.6 is 0 Å². The maximum atomic E-state index is 13.8. The molecule has 0 aromatic heterocycles. The van der Waals surface area contributed by atoms with E-state index in [9.17, 15) is 31.5 Å². The van der Waals surface area contributed by atoms with Gasteiger partial charge in [-0.15, -0.1) is 0 Å². The lowest BCUT2D eigenvalue weighted by Crippen LogP contribution is -2.28. The molecule has 0 bridgehead atoms. The van der Waals surface area contributed by atoms with Crippen LogP contribution in [-0.2, 0) is 11.2 Å². The van der Waals surface area contributed by atoms with Crippen molar-refractivity contribution < 1.29 is 31.5 Å². The molecule has 0 radical (unpaired) electrons. The first-order chi connectivity index (χ1) is 15.2. The minimum absolute atomic E-state index is 0.0131. The van der Waals surface area contributed by atoms with E-state index in [1.807, 2.05) is 30.3 Å². The first-order valence-electron chi connectivity index (χ1n) is 9.45. The largest absolute Gasteiger partial charge is 0.345 e. The Bertz CT molecular complexity index is 1140. The van der Waals surface area contributed by atoms with E-state index in [1.165, 1.54) is 18.2 Å². The van der Waals surface area contributed by atoms with E-state index in [0.717, 1.165) is 5.56 Å². The van der Waals surface area contributed by atoms with E-state index in [0.29, 0.717) is 0 Å². The van der Waals surface area contributed by atoms with Gasteiger partial charge in [-0.1, -0.05) is 42.5 Å². The van der Waals surface area contributed by atoms with Crippen LogP contribution in [0.25, 0.3) is 0 Å². The Hall–Kier alpha value is -3.75. The third-order valence-electron chi connectivity index (χ3n) is 4.73. The van der Waals surface area contributed by atoms with Crippen LogP contribution in [0.1, 0.15) is 34.5 Å². The lowest BCUT2D eigenvalue weighted by Gasteiger charge is -2.16. The third kappa shape index (κ3) is 4.77. The van der Waals surface area contributed by atoms with Crippen LogP contribution < -0.4 is 10.6 Å². The number of halogens is 5. The van der Waals surface area contributed by atoms with Gasteiger partial charge in [0.25, 0.3) is 5.91 Å². The fourth-order valence-electron chi connectivity index (χ4n) is 3.05. The Balaban J connectivity index is 1.78. The number of hydrogen-bond donors (Lipinski definition) is 2. The Morgan fingerprint density at radius 2 is 1.31 bits per heavy atom. The van der Waals surface area contributed by atoms with Gasteiger partial charge in [0.1, 0.15) is 0 Å². The number of nitrogens with one attached hydrogen (secondary N) is 2. The first kappa shape index (κ1) is 22.9. The number of benzene rings is 3. The van der Waals surface area contributed by atoms with E-state index >= 15 is 0 Å². The summed E-state index contributed by atoms with van der Waals surface area (Å²) in [5, 5.41) is 5.05. The molecule has 2 amide bonds. The maximum Gasteiger partial charge on any atom is 0.253 e. The van der Waals surface area contributed by atoms with Crippen LogP contribution in [0.3, 0.4) is 0 Å². The van der Waals surface area contributed by atoms with E-state index in [4.69, 9.17) is 0 Å². The van der Waals surface area contributed by atoms with Crippen molar-refractivity contribution in [3.8, 4) is 0 Å². The van der Waals surface area contributed by atoms with Crippen molar-refractivity contribution in [1.29, 1.82) is 0 Å². The molecule has 0 unspecified atom stereocenters. The Morgan fingerprint density at radius 1 is 0.781 bits per heavy atom. The topological polar surface area (TPSA) is 58.2 Å². The van der Waals surface area contributed by atoms with Crippen molar-refractivity contribution in [2.75, 3.05) is 5.32 Å². The number of rotatable bonds is 6. The molecule has 32 heavy (non-hydrogen) atoms. The second-order valence-electron chi connectivity index (χ2n) is 6.92. The van der Waals surface area contributed by atoms with Gasteiger partial charge in [0.15, 0.2) is 23.3 Å². The van der Waals surface area contributed by atoms with Crippen LogP contribution in [0.2, 0.25) is 0 Å². The molecule has 0 aliphatic heterocycles. The highest BCUT2D eigenvalue weighted by molar-refractivity contribution is 6.04. The van der Waals surface area contributed by atoms with Gasteiger partial charge in [-0.05, 0) is 24.6 Å². The fraction of sp³-hybridized carbons (Fsp3) is 0.130. The molecular formula is C23H17F5N2O2. The van der Waals surface area contributed by atoms with E-state index in [-0.39, 0.29) is 17.3 Å². The number of amides is 2. The van der Waals surface area contributed by atoms with Gasteiger partial charge < -0.3 is 10.6 Å². The van der Waals surface area contributed by atoms with Gasteiger partial charge in [-0.3, -0.25) is 9.59 Å². The van der Waals surface area contributed by atoms with E-state index in [1.54, 1.807) is 13.0 Å². The van der Waals surface area contributed by atoms with Crippen LogP contribution in [0.15, 0.2) is 54.6 Å². The van der Waals surface area contributed by atoms with Crippen molar-refractivity contribution in [2.24, 2.45) is 0 Å². The lowest BCUT2D eigenvalue weighted by atomic mass is 10.1. The summed E-state index contributed by atoms with van der Waals surface area (Å²) >= 11 is 0. The fourth-order valence-corrected chi connectivity index (χ4v) is 3.05. The average molecular weight is 448 g/mol. The van der Waals surface area contributed by atoms with Crippen LogP contribution in [0.4, 0.5) is 27.6 Å². The zero-order valence-electron chi connectivity index (χ0n) is 16.7. The summed E-state index contributed by atoms with van der Waals surface area (Å²) < 4.78 is 67.6. The molecule has 4 nitrogen and oxygen atoms in total. The van der Waals surface area contributed by atoms with Crippen molar-refractivity contribution in [3.63, 3.8) is 0 Å². The average Bonchev–Trinajstić information content (AvgIpc) is 2.80. The number of para-hydroxylation sites is 1. The van der Waals surface area contributed by atoms with Gasteiger partial charge >= 0.3 is 0 Å². The minimum Gasteiger partial charge on any atom is -0.345 e. The molecule has 0 fully saturated rings. The molecule has 0 saturated heterocycles. The quantitative estimate of drug-likeness (QED) is 0.315. The van der Waals surface area contributed by atoms with Crippen LogP contribution in [0, 0.1) is 29.1 Å². The summed E-state index contributed by atoms with van der Waals surface area (Å²) in [6.45, 7) is 1.76. The first-order valence-corrected chi connectivity index (χ1v) is 9.45. The van der Waals surface area contributed by atoms with Gasteiger partial charge in [-0.25, -0.2) is 22.0 Å². The second kappa shape index (κ2) is 9.59. The Labute approximate surface area is 180 Å². The molecule has 3 aromatic rings. The number of carbonyl (C=O) groups is 2. The molecular weight excluding hydrogens is 431 g/mol. The number of anilines is 1. The molecule has 2 N–H and O–H groups in total. The standard InChI is InChI=1S/C23H17F5N2O2/c1-12(13-7-3-2-4-8-13)29-23(32)14-9-5-6-10-16(14)30-17(31)11-15-18(24)20(26)22(28)21(27)19(15)25/h2-10,12H,11H2,1H3,(H,29,32)(H,30,31)/t12-/m1/s1. The zero-order valence-corrected chi connectivity index (χ0v) is 16.7. The molecule has 166 valence electrons. The summed E-state index contributed by atoms with van der Waals surface area (Å²) in [5.74, 6) is -12.3. The molecule has 3 rings (SSSR count). The van der Waals surface area contributed by atoms with Crippen molar-refractivity contribution in [1.82, 2.24) is 5.32 Å². The Morgan fingerprint density at radius 3 is 1.94 bits per heavy atom. The third-order valence-corrected chi connectivity index (χ3v) is 4.73. The van der Waals surface area contributed by atoms with Gasteiger partial charge in [-0.2, -0.15) is 0 Å². The second-order valence-corrected chi connectivity index (χ2v) is 6.92. The zero-order chi connectivity index (χ0) is 23.4. The summed E-state index contributed by atoms with van der Waals surface area (Å²) in [7, 11) is 0. The number of hydrogen-bond acceptors (Lipinski definition) is 2. The Kier molecular flexibility index (Phi) is 6.87. The lowest BCUT2D eigenvalue weighted by molar-refractivity contribution is -0.115. The maximum absolute atomic E-state index is 13.8. The molecule has 0 saturated carbocycles. The molecule has 9 heteroatoms. The minimum atomic E-state index is -2.31. The van der Waals surface area contributed by atoms with Crippen molar-refractivity contribution in [2.45, 2.75) is 19.4 Å². The molecule has 3 aromatic carbocycles. The normalized spacial score (nSPS) is 11.7. The summed E-state index contributed by atoms with van der Waals surface area (Å²) in [6, 6.07) is 14.6. The monoisotopic (exact) mass is 448 g/mol. The SMILES string of the molecule is C[C@@H](NC(=O)c1ccccc1NC(=O)Cc1c(F)c(F)c(F)c(F)c1F)c1ccccc1. The predicted octanol–water partition coefficient (Wildman–Crippen LogP) is 5.05. The highest BCUT2D eigenvalue weighted by atomic mass is 19.2. The van der Waals surface area contributed by atoms with E-state index < -0.39 is 52.9 Å². The number of carbonyl (C=O) groups excluding carboxylic acids is 2. The summed E-state index contributed by atoms with van der Waals surface area (Å²) in [6.07, 6.45) is -1.12. The molecule has 0 heterocycles. The molecule has 0 spiro atoms. The van der Waals surface area contributed by atoms with Crippen LogP contribution in [0.5, 0.6) is 0 Å². The highest BCUT2D eigenvalue weighted by Gasteiger charge is 2.27. The molecule has 1 atom stereocenters. The van der Waals surface area contributed by atoms with Gasteiger partial charge in [0.05, 0.1) is 23.7 Å².